The highest BCUT2D eigenvalue weighted by Crippen LogP contribution is 2.35. The van der Waals surface area contributed by atoms with E-state index < -0.39 is 0 Å². The number of para-hydroxylation sites is 2. The molecule has 0 saturated carbocycles. The topological polar surface area (TPSA) is 6.48 Å². The average Bonchev–Trinajstić information content (AvgIpc) is 2.74. The Balaban J connectivity index is 1.78. The van der Waals surface area contributed by atoms with Gasteiger partial charge in [0.25, 0.3) is 0 Å². The Hall–Kier alpha value is -3.52. The van der Waals surface area contributed by atoms with Gasteiger partial charge >= 0.3 is 0 Å². The summed E-state index contributed by atoms with van der Waals surface area (Å²) < 4.78 is 0. The fourth-order valence-electron chi connectivity index (χ4n) is 3.61. The summed E-state index contributed by atoms with van der Waals surface area (Å²) in [6.45, 7) is 0. The molecule has 0 radical (unpaired) electrons. The molecule has 124 valence electrons. The van der Waals surface area contributed by atoms with Gasteiger partial charge in [-0.15, -0.1) is 0 Å². The quantitative estimate of drug-likeness (QED) is 0.677. The van der Waals surface area contributed by atoms with Crippen LogP contribution in [-0.4, -0.2) is 0 Å². The van der Waals surface area contributed by atoms with Gasteiger partial charge < -0.3 is 9.80 Å². The third-order valence-electron chi connectivity index (χ3n) is 4.79. The van der Waals surface area contributed by atoms with Crippen LogP contribution in [0.1, 0.15) is 0 Å². The van der Waals surface area contributed by atoms with E-state index in [-0.39, 0.29) is 0 Å². The second kappa shape index (κ2) is 6.08. The Morgan fingerprint density at radius 1 is 0.462 bits per heavy atom. The number of allylic oxidation sites excluding steroid dienone is 2. The fourth-order valence-corrected chi connectivity index (χ4v) is 3.61. The molecular weight excluding hydrogens is 316 g/mol. The van der Waals surface area contributed by atoms with E-state index in [9.17, 15) is 0 Å². The molecule has 0 unspecified atom stereocenters. The molecule has 3 aromatic rings. The lowest BCUT2D eigenvalue weighted by Gasteiger charge is -2.32. The van der Waals surface area contributed by atoms with E-state index in [4.69, 9.17) is 0 Å². The number of anilines is 4. The molecule has 0 aliphatic carbocycles. The average molecular weight is 334 g/mol. The predicted molar refractivity (Wildman–Crippen MR) is 110 cm³/mol. The number of fused-ring (bicyclic) bond motifs is 3. The van der Waals surface area contributed by atoms with Gasteiger partial charge in [0.2, 0.25) is 0 Å². The number of hydrogen-bond donors (Lipinski definition) is 0. The van der Waals surface area contributed by atoms with E-state index in [1.165, 1.54) is 21.8 Å². The van der Waals surface area contributed by atoms with Gasteiger partial charge in [-0.1, -0.05) is 60.7 Å². The van der Waals surface area contributed by atoms with Crippen molar-refractivity contribution in [1.29, 1.82) is 0 Å². The van der Waals surface area contributed by atoms with E-state index in [2.05, 4.69) is 119 Å². The van der Waals surface area contributed by atoms with Crippen molar-refractivity contribution < 1.29 is 0 Å². The maximum Gasteiger partial charge on any atom is 0.0776 e. The van der Waals surface area contributed by atoms with Crippen LogP contribution >= 0.6 is 0 Å². The molecule has 0 spiro atoms. The first-order chi connectivity index (χ1) is 12.9. The molecule has 3 aromatic carbocycles. The molecule has 0 saturated heterocycles. The lowest BCUT2D eigenvalue weighted by Crippen LogP contribution is -2.30. The third-order valence-corrected chi connectivity index (χ3v) is 4.79. The number of hydrogen-bond acceptors (Lipinski definition) is 2. The summed E-state index contributed by atoms with van der Waals surface area (Å²) in [6.07, 6.45) is 12.8. The van der Waals surface area contributed by atoms with Crippen LogP contribution in [0.5, 0.6) is 0 Å². The summed E-state index contributed by atoms with van der Waals surface area (Å²) in [4.78, 5) is 4.55. The first kappa shape index (κ1) is 14.8. The zero-order valence-corrected chi connectivity index (χ0v) is 14.3. The maximum absolute atomic E-state index is 2.27. The summed E-state index contributed by atoms with van der Waals surface area (Å²) in [7, 11) is 0. The molecule has 0 bridgehead atoms. The number of rotatable bonds is 2. The van der Waals surface area contributed by atoms with Crippen LogP contribution in [0.15, 0.2) is 97.3 Å². The number of benzene rings is 3. The molecular formula is C24H18N2. The minimum Gasteiger partial charge on any atom is -0.315 e. The lowest BCUT2D eigenvalue weighted by atomic mass is 10.0. The van der Waals surface area contributed by atoms with Crippen molar-refractivity contribution in [3.05, 3.63) is 108 Å². The van der Waals surface area contributed by atoms with Crippen LogP contribution in [0, 0.1) is 0 Å². The minimum atomic E-state index is 1.16. The second-order valence-corrected chi connectivity index (χ2v) is 6.37. The van der Waals surface area contributed by atoms with Crippen LogP contribution in [-0.2, 0) is 0 Å². The monoisotopic (exact) mass is 334 g/mol. The van der Waals surface area contributed by atoms with Crippen molar-refractivity contribution in [1.82, 2.24) is 0 Å². The molecule has 2 heterocycles. The lowest BCUT2D eigenvalue weighted by molar-refractivity contribution is 1.18. The van der Waals surface area contributed by atoms with Crippen LogP contribution in [0.4, 0.5) is 22.7 Å². The van der Waals surface area contributed by atoms with Gasteiger partial charge in [-0.25, -0.2) is 0 Å². The first-order valence-corrected chi connectivity index (χ1v) is 8.80. The van der Waals surface area contributed by atoms with Crippen molar-refractivity contribution in [2.45, 2.75) is 0 Å². The molecule has 26 heavy (non-hydrogen) atoms. The van der Waals surface area contributed by atoms with Crippen molar-refractivity contribution in [2.24, 2.45) is 0 Å². The normalized spacial score (nSPS) is 14.3. The molecule has 2 nitrogen and oxygen atoms in total. The van der Waals surface area contributed by atoms with Crippen LogP contribution in [0.3, 0.4) is 0 Å². The van der Waals surface area contributed by atoms with Gasteiger partial charge in [0.05, 0.1) is 11.4 Å². The van der Waals surface area contributed by atoms with Gasteiger partial charge in [0.1, 0.15) is 0 Å². The highest BCUT2D eigenvalue weighted by Gasteiger charge is 2.21. The maximum atomic E-state index is 2.27. The summed E-state index contributed by atoms with van der Waals surface area (Å²) in [5.74, 6) is 0. The summed E-state index contributed by atoms with van der Waals surface area (Å²) in [6, 6.07) is 25.4. The standard InChI is InChI=1S/C24H18N2/c1-3-11-21(12-4-1)25-17-7-9-19-15-16-20-10-8-18-26(24(20)23(19)25)22-13-5-2-6-14-22/h1-18H. The van der Waals surface area contributed by atoms with Gasteiger partial charge in [-0.2, -0.15) is 0 Å². The van der Waals surface area contributed by atoms with Crippen molar-refractivity contribution in [2.75, 3.05) is 9.80 Å². The Labute approximate surface area is 152 Å². The Kier molecular flexibility index (Phi) is 3.46. The zero-order valence-electron chi connectivity index (χ0n) is 14.3. The zero-order chi connectivity index (χ0) is 17.3. The summed E-state index contributed by atoms with van der Waals surface area (Å²) in [5.41, 5.74) is 4.74. The molecule has 0 aromatic heterocycles. The Bertz CT molecular complexity index is 1030. The van der Waals surface area contributed by atoms with Crippen LogP contribution < -0.4 is 20.2 Å². The van der Waals surface area contributed by atoms with Crippen LogP contribution in [0.25, 0.3) is 12.2 Å². The third kappa shape index (κ3) is 2.35. The molecule has 2 heteroatoms. The van der Waals surface area contributed by atoms with Gasteiger partial charge in [0, 0.05) is 34.2 Å². The largest absolute Gasteiger partial charge is 0.315 e. The molecule has 0 atom stereocenters. The fraction of sp³-hybridized carbons (Fsp3) is 0. The highest BCUT2D eigenvalue weighted by molar-refractivity contribution is 5.88. The SMILES string of the molecule is C1=CN(c2ccccc2)c2c3c(ccc2=C1)=CC=CN3c1ccccc1. The number of nitrogens with zero attached hydrogens (tertiary/aromatic N) is 2. The summed E-state index contributed by atoms with van der Waals surface area (Å²) in [5, 5.41) is 2.44. The van der Waals surface area contributed by atoms with Crippen molar-refractivity contribution >= 4 is 34.9 Å². The predicted octanol–water partition coefficient (Wildman–Crippen LogP) is 4.58. The van der Waals surface area contributed by atoms with Crippen LogP contribution in [0.2, 0.25) is 0 Å². The van der Waals surface area contributed by atoms with E-state index in [0.717, 1.165) is 11.4 Å². The Morgan fingerprint density at radius 2 is 0.885 bits per heavy atom. The van der Waals surface area contributed by atoms with Crippen molar-refractivity contribution in [3.63, 3.8) is 0 Å². The van der Waals surface area contributed by atoms with Gasteiger partial charge in [-0.3, -0.25) is 0 Å². The Morgan fingerprint density at radius 3 is 1.31 bits per heavy atom. The highest BCUT2D eigenvalue weighted by atomic mass is 15.2. The molecule has 2 aliphatic rings. The second-order valence-electron chi connectivity index (χ2n) is 6.37. The molecule has 0 N–H and O–H groups in total. The van der Waals surface area contributed by atoms with E-state index in [1.807, 2.05) is 0 Å². The van der Waals surface area contributed by atoms with Gasteiger partial charge in [-0.05, 0) is 36.4 Å². The minimum absolute atomic E-state index is 1.16. The molecule has 5 rings (SSSR count). The molecule has 0 fully saturated rings. The van der Waals surface area contributed by atoms with E-state index in [0.29, 0.717) is 0 Å². The van der Waals surface area contributed by atoms with E-state index >= 15 is 0 Å². The molecule has 0 amide bonds. The molecule has 2 aliphatic heterocycles. The van der Waals surface area contributed by atoms with Crippen molar-refractivity contribution in [3.8, 4) is 0 Å². The van der Waals surface area contributed by atoms with E-state index in [1.54, 1.807) is 0 Å². The van der Waals surface area contributed by atoms with Gasteiger partial charge in [0.15, 0.2) is 0 Å². The summed E-state index contributed by atoms with van der Waals surface area (Å²) >= 11 is 0. The first-order valence-electron chi connectivity index (χ1n) is 8.80. The smallest absolute Gasteiger partial charge is 0.0776 e.